The van der Waals surface area contributed by atoms with Gasteiger partial charge in [0.1, 0.15) is 40.5 Å². The summed E-state index contributed by atoms with van der Waals surface area (Å²) in [6.07, 6.45) is 0. The molecule has 0 saturated heterocycles. The Hall–Kier alpha value is -15.5. The first-order chi connectivity index (χ1) is 59.0. The number of ether oxygens (including phenoxy) is 6. The highest BCUT2D eigenvalue weighted by atomic mass is 16.5. The van der Waals surface area contributed by atoms with E-state index in [1.807, 2.05) is 238 Å². The Morgan fingerprint density at radius 3 is 1.31 bits per heavy atom. The molecule has 5 aromatic heterocycles. The summed E-state index contributed by atoms with van der Waals surface area (Å²) in [5, 5.41) is 31.2. The van der Waals surface area contributed by atoms with Gasteiger partial charge in [0.15, 0.2) is 28.7 Å². The first-order valence-electron chi connectivity index (χ1n) is 39.2. The van der Waals surface area contributed by atoms with Crippen molar-refractivity contribution < 1.29 is 47.6 Å². The second kappa shape index (κ2) is 35.5. The van der Waals surface area contributed by atoms with Gasteiger partial charge in [-0.3, -0.25) is 4.79 Å². The second-order valence-corrected chi connectivity index (χ2v) is 28.1. The first-order valence-corrected chi connectivity index (χ1v) is 39.2. The quantitative estimate of drug-likeness (QED) is 0.0295. The average molecular weight is 1620 g/mol. The maximum absolute atomic E-state index is 14.3. The van der Waals surface area contributed by atoms with Gasteiger partial charge >= 0.3 is 35.0 Å². The van der Waals surface area contributed by atoms with Crippen molar-refractivity contribution in [2.75, 3.05) is 69.0 Å². The van der Waals surface area contributed by atoms with E-state index in [0.717, 1.165) is 16.7 Å². The summed E-state index contributed by atoms with van der Waals surface area (Å²) < 4.78 is 40.3. The molecular formula is C94H84N14O13. The minimum absolute atomic E-state index is 0.139. The maximum Gasteiger partial charge on any atom is 0.355 e. The molecule has 121 heavy (non-hydrogen) atoms. The summed E-state index contributed by atoms with van der Waals surface area (Å²) in [5.41, 5.74) is 10.4. The van der Waals surface area contributed by atoms with E-state index in [1.165, 1.54) is 20.5 Å². The molecule has 3 unspecified atom stereocenters. The number of Topliss-reactive ketones (excluding diaryl/α,β-unsaturated/α-hetero) is 1. The number of carbonyl (C=O) groups is 4. The molecule has 3 aliphatic rings. The summed E-state index contributed by atoms with van der Waals surface area (Å²) in [5.74, 6) is 1.45. The number of para-hydroxylation sites is 3. The van der Waals surface area contributed by atoms with Gasteiger partial charge in [-0.05, 0) is 131 Å². The average Bonchev–Trinajstić information content (AvgIpc) is 1.70. The normalized spacial score (nSPS) is 14.4. The molecule has 0 aliphatic carbocycles. The predicted molar refractivity (Wildman–Crippen MR) is 461 cm³/mol. The number of rotatable bonds is 21. The first kappa shape index (κ1) is 80.6. The highest BCUT2D eigenvalue weighted by Crippen LogP contribution is 2.48. The van der Waals surface area contributed by atoms with Gasteiger partial charge < -0.3 is 49.7 Å². The molecule has 4 N–H and O–H groups in total. The lowest BCUT2D eigenvalue weighted by Gasteiger charge is -2.33. The Balaban J connectivity index is 0.000000141. The van der Waals surface area contributed by atoms with Crippen LogP contribution in [-0.4, -0.2) is 125 Å². The fourth-order valence-corrected chi connectivity index (χ4v) is 15.5. The molecule has 608 valence electrons. The molecular weight excluding hydrogens is 1530 g/mol. The number of methoxy groups -OCH3 is 3. The zero-order valence-electron chi connectivity index (χ0n) is 67.6. The number of carbonyl (C=O) groups excluding carboxylic acids is 4. The smallest absolute Gasteiger partial charge is 0.355 e. The molecule has 27 heteroatoms. The summed E-state index contributed by atoms with van der Waals surface area (Å²) >= 11 is 0. The largest absolute Gasteiger partial charge is 0.497 e. The number of hydrogen-bond acceptors (Lipinski definition) is 22. The summed E-state index contributed by atoms with van der Waals surface area (Å²) in [6, 6.07) is 77.7. The molecule has 0 fully saturated rings. The minimum atomic E-state index is -0.635. The molecule has 0 spiro atoms. The lowest BCUT2D eigenvalue weighted by molar-refractivity contribution is -0.139. The summed E-state index contributed by atoms with van der Waals surface area (Å²) in [6.45, 7) is 11.3. The van der Waals surface area contributed by atoms with E-state index in [-0.39, 0.29) is 49.3 Å². The topological polar surface area (TPSA) is 311 Å². The van der Waals surface area contributed by atoms with Crippen molar-refractivity contribution in [3.05, 3.63) is 353 Å². The Labute approximate surface area is 694 Å². The van der Waals surface area contributed by atoms with Crippen LogP contribution in [0, 0.1) is 0 Å². The van der Waals surface area contributed by atoms with Gasteiger partial charge in [0, 0.05) is 39.2 Å². The number of hydrogen-bond donors (Lipinski definition) is 4. The highest BCUT2D eigenvalue weighted by molar-refractivity contribution is 6.09. The Morgan fingerprint density at radius 1 is 0.430 bits per heavy atom. The molecule has 0 radical (unpaired) electrons. The molecule has 0 bridgehead atoms. The fraction of sp³-hybridized carbons (Fsp3) is 0.170. The van der Waals surface area contributed by atoms with Gasteiger partial charge in [0.2, 0.25) is 0 Å². The molecule has 8 heterocycles. The van der Waals surface area contributed by atoms with E-state index in [1.54, 1.807) is 81.4 Å². The third-order valence-electron chi connectivity index (χ3n) is 20.8. The Kier molecular flexibility index (Phi) is 23.7. The number of benzene rings is 9. The van der Waals surface area contributed by atoms with Gasteiger partial charge in [0.05, 0.1) is 110 Å². The molecule has 3 aliphatic heterocycles. The van der Waals surface area contributed by atoms with Crippen LogP contribution < -0.4 is 52.5 Å². The van der Waals surface area contributed by atoms with Crippen LogP contribution in [0.1, 0.15) is 97.1 Å². The third-order valence-corrected chi connectivity index (χ3v) is 20.8. The molecule has 14 aromatic rings. The van der Waals surface area contributed by atoms with E-state index in [2.05, 4.69) is 46.6 Å². The van der Waals surface area contributed by atoms with Crippen LogP contribution in [-0.2, 0) is 28.6 Å². The van der Waals surface area contributed by atoms with Gasteiger partial charge in [-0.25, -0.2) is 51.3 Å². The molecule has 9 aromatic carbocycles. The monoisotopic (exact) mass is 1620 g/mol. The van der Waals surface area contributed by atoms with Crippen molar-refractivity contribution in [1.82, 2.24) is 47.9 Å². The molecule has 0 amide bonds. The zero-order valence-corrected chi connectivity index (χ0v) is 67.6. The van der Waals surface area contributed by atoms with E-state index < -0.39 is 41.5 Å². The molecule has 27 nitrogen and oxygen atoms in total. The lowest BCUT2D eigenvalue weighted by atomic mass is 9.81. The van der Waals surface area contributed by atoms with Crippen molar-refractivity contribution in [3.63, 3.8) is 0 Å². The number of nitrogens with zero attached hydrogens (tertiary/aromatic N) is 10. The van der Waals surface area contributed by atoms with Crippen LogP contribution in [0.15, 0.2) is 297 Å². The number of anilines is 4. The van der Waals surface area contributed by atoms with Gasteiger partial charge in [-0.15, -0.1) is 20.4 Å². The number of allylic oxidation sites excluding steroid dienone is 2. The van der Waals surface area contributed by atoms with Crippen LogP contribution in [0.25, 0.3) is 56.7 Å². The van der Waals surface area contributed by atoms with Gasteiger partial charge in [-0.1, -0.05) is 182 Å². The number of nitrogens with one attached hydrogen (secondary N) is 4. The lowest BCUT2D eigenvalue weighted by Crippen LogP contribution is -2.37. The summed E-state index contributed by atoms with van der Waals surface area (Å²) in [7, 11) is 4.70. The maximum atomic E-state index is 14.3. The minimum Gasteiger partial charge on any atom is -0.497 e. The molecule has 3 atom stereocenters. The van der Waals surface area contributed by atoms with E-state index in [9.17, 15) is 33.6 Å². The van der Waals surface area contributed by atoms with Crippen molar-refractivity contribution in [2.24, 2.45) is 0 Å². The van der Waals surface area contributed by atoms with E-state index in [0.29, 0.717) is 142 Å². The number of ketones is 1. The molecule has 17 rings (SSSR count). The van der Waals surface area contributed by atoms with Crippen molar-refractivity contribution in [1.29, 1.82) is 0 Å². The molecule has 0 saturated carbocycles. The van der Waals surface area contributed by atoms with Crippen LogP contribution in [0.4, 0.5) is 23.3 Å². The summed E-state index contributed by atoms with van der Waals surface area (Å²) in [4.78, 5) is 100.0. The number of fused-ring (bicyclic) bond motifs is 7. The Bertz CT molecular complexity index is 6580. The SMILES string of the molecule is CCOC(=O)C1=C(C)Nc2c(c(NCC(=O)c3cccc(OC)c3)nc(=O)n2-c2ccccc2)C1c1ccccc1.CCOC(=O)C1=C(C)Nc2c(c3nnc(-c4cccc(OC)c4)n3c(=O)n2-c2ccccc2)C1c1ccccc1.CCOC(=O)C1=C(c2ccccc2)c2c(n(-c3ccccc3)c(=O)n3c(-c4cccc(OC)c4)nnc23)NC1C. The third kappa shape index (κ3) is 15.7. The van der Waals surface area contributed by atoms with Gasteiger partial charge in [0.25, 0.3) is 0 Å². The second-order valence-electron chi connectivity index (χ2n) is 28.1. The van der Waals surface area contributed by atoms with Crippen molar-refractivity contribution in [2.45, 2.75) is 59.4 Å². The van der Waals surface area contributed by atoms with Crippen LogP contribution in [0.3, 0.4) is 0 Å². The standard InChI is InChI=1S/C32H30N4O5.2C31H27N5O4/c1-4-41-31(38)26-20(2)34-30-28(27(26)21-12-7-5-8-13-21)29(35-32(39)36(30)23-15-9-6-10-16-23)33-19-25(37)22-14-11-17-24(18-22)40-3;2*1-4-40-30(37)24-19(2)32-28-26(25(24)20-12-7-5-8-13-20)29-34-33-27(21-14-11-17-23(18-21)39-3)36(29)31(38)35(28)22-15-9-6-10-16-22/h5-18,27,34H,4,19H2,1-3H3,(H,33,35,39);5-18,25,32H,4H2,1-3H3;5-19,32H,4H2,1-3H3. The Morgan fingerprint density at radius 2 is 0.826 bits per heavy atom. The fourth-order valence-electron chi connectivity index (χ4n) is 15.5. The van der Waals surface area contributed by atoms with E-state index >= 15 is 0 Å². The van der Waals surface area contributed by atoms with E-state index in [4.69, 9.17) is 28.4 Å². The van der Waals surface area contributed by atoms with Crippen molar-refractivity contribution >= 4 is 63.8 Å². The highest BCUT2D eigenvalue weighted by Gasteiger charge is 2.42. The van der Waals surface area contributed by atoms with Crippen LogP contribution in [0.2, 0.25) is 0 Å². The number of esters is 3. The van der Waals surface area contributed by atoms with Crippen molar-refractivity contribution in [3.8, 4) is 57.1 Å². The zero-order chi connectivity index (χ0) is 84.5. The van der Waals surface area contributed by atoms with Gasteiger partial charge in [-0.2, -0.15) is 4.98 Å². The van der Waals surface area contributed by atoms with Crippen LogP contribution in [0.5, 0.6) is 17.2 Å². The number of aromatic nitrogens is 10. The van der Waals surface area contributed by atoms with Crippen LogP contribution >= 0.6 is 0 Å². The predicted octanol–water partition coefficient (Wildman–Crippen LogP) is 14.6.